The maximum absolute atomic E-state index is 13.1. The number of ether oxygens (including phenoxy) is 3. The molecule has 5 nitrogen and oxygen atoms in total. The van der Waals surface area contributed by atoms with Crippen molar-refractivity contribution in [3.05, 3.63) is 65.2 Å². The van der Waals surface area contributed by atoms with Crippen molar-refractivity contribution >= 4 is 17.8 Å². The summed E-state index contributed by atoms with van der Waals surface area (Å²) in [6, 6.07) is 6.56. The number of carbonyl (C=O) groups excluding carboxylic acids is 2. The van der Waals surface area contributed by atoms with Crippen molar-refractivity contribution in [3.8, 4) is 11.5 Å². The Morgan fingerprint density at radius 1 is 1.04 bits per heavy atom. The maximum atomic E-state index is 13.1. The van der Waals surface area contributed by atoms with E-state index in [1.807, 2.05) is 0 Å². The summed E-state index contributed by atoms with van der Waals surface area (Å²) in [6.45, 7) is -3.68. The van der Waals surface area contributed by atoms with Crippen LogP contribution in [-0.2, 0) is 9.53 Å². The fraction of sp³-hybridized carbons (Fsp3) is 0.158. The second-order valence-corrected chi connectivity index (χ2v) is 5.28. The highest BCUT2D eigenvalue weighted by Gasteiger charge is 2.12. The molecule has 0 unspecified atom stereocenters. The van der Waals surface area contributed by atoms with E-state index in [0.29, 0.717) is 11.6 Å². The summed E-state index contributed by atoms with van der Waals surface area (Å²) in [5, 5.41) is 0. The molecule has 0 N–H and O–H groups in total. The first kappa shape index (κ1) is 20.9. The molecule has 0 saturated heterocycles. The van der Waals surface area contributed by atoms with E-state index in [9.17, 15) is 27.2 Å². The lowest BCUT2D eigenvalue weighted by Crippen LogP contribution is -2.13. The average molecular weight is 398 g/mol. The fourth-order valence-electron chi connectivity index (χ4n) is 2.08. The third-order valence-electron chi connectivity index (χ3n) is 3.40. The number of methoxy groups -OCH3 is 1. The van der Waals surface area contributed by atoms with E-state index >= 15 is 0 Å². The fourth-order valence-corrected chi connectivity index (χ4v) is 2.08. The van der Waals surface area contributed by atoms with Gasteiger partial charge in [-0.2, -0.15) is 8.78 Å². The van der Waals surface area contributed by atoms with E-state index in [2.05, 4.69) is 4.74 Å². The van der Waals surface area contributed by atoms with E-state index in [1.165, 1.54) is 31.4 Å². The maximum Gasteiger partial charge on any atom is 0.387 e. The van der Waals surface area contributed by atoms with Crippen molar-refractivity contribution in [2.75, 3.05) is 13.7 Å². The Morgan fingerprint density at radius 3 is 2.43 bits per heavy atom. The Labute approximate surface area is 157 Å². The topological polar surface area (TPSA) is 61.8 Å². The van der Waals surface area contributed by atoms with Crippen LogP contribution < -0.4 is 9.47 Å². The summed E-state index contributed by atoms with van der Waals surface area (Å²) in [4.78, 5) is 23.5. The minimum Gasteiger partial charge on any atom is -0.493 e. The molecule has 9 heteroatoms. The van der Waals surface area contributed by atoms with Crippen LogP contribution >= 0.6 is 0 Å². The summed E-state index contributed by atoms with van der Waals surface area (Å²) in [5.41, 5.74) is 0.275. The van der Waals surface area contributed by atoms with E-state index in [-0.39, 0.29) is 17.1 Å². The lowest BCUT2D eigenvalue weighted by molar-refractivity contribution is -0.136. The molecular formula is C19H14F4O5. The van der Waals surface area contributed by atoms with Crippen molar-refractivity contribution in [1.29, 1.82) is 0 Å². The number of esters is 1. The van der Waals surface area contributed by atoms with E-state index in [1.54, 1.807) is 0 Å². The molecule has 2 aromatic carbocycles. The molecule has 0 saturated carbocycles. The van der Waals surface area contributed by atoms with Gasteiger partial charge in [-0.1, -0.05) is 6.07 Å². The molecule has 0 aliphatic heterocycles. The predicted octanol–water partition coefficient (Wildman–Crippen LogP) is 4.01. The van der Waals surface area contributed by atoms with Crippen LogP contribution in [0.15, 0.2) is 42.5 Å². The third-order valence-corrected chi connectivity index (χ3v) is 3.40. The molecule has 28 heavy (non-hydrogen) atoms. The number of halogens is 4. The van der Waals surface area contributed by atoms with Gasteiger partial charge in [0.2, 0.25) is 0 Å². The molecule has 0 atom stereocenters. The smallest absolute Gasteiger partial charge is 0.387 e. The Morgan fingerprint density at radius 2 is 1.79 bits per heavy atom. The first-order chi connectivity index (χ1) is 13.3. The van der Waals surface area contributed by atoms with Crippen LogP contribution in [0.3, 0.4) is 0 Å². The number of rotatable bonds is 8. The molecule has 0 fully saturated rings. The van der Waals surface area contributed by atoms with Crippen molar-refractivity contribution in [2.45, 2.75) is 6.61 Å². The van der Waals surface area contributed by atoms with E-state index < -0.39 is 36.6 Å². The highest BCUT2D eigenvalue weighted by molar-refractivity contribution is 5.98. The van der Waals surface area contributed by atoms with Crippen LogP contribution in [0.25, 0.3) is 6.08 Å². The van der Waals surface area contributed by atoms with Crippen molar-refractivity contribution in [1.82, 2.24) is 0 Å². The lowest BCUT2D eigenvalue weighted by Gasteiger charge is -2.10. The third kappa shape index (κ3) is 5.83. The normalized spacial score (nSPS) is 10.9. The molecule has 0 aliphatic rings. The molecule has 0 amide bonds. The van der Waals surface area contributed by atoms with Crippen LogP contribution in [0.2, 0.25) is 0 Å². The van der Waals surface area contributed by atoms with Gasteiger partial charge in [0, 0.05) is 11.6 Å². The van der Waals surface area contributed by atoms with Crippen LogP contribution in [0.4, 0.5) is 17.6 Å². The molecule has 2 aromatic rings. The van der Waals surface area contributed by atoms with Crippen LogP contribution in [0, 0.1) is 11.6 Å². The van der Waals surface area contributed by atoms with Crippen LogP contribution in [0.1, 0.15) is 15.9 Å². The molecule has 0 aliphatic carbocycles. The molecular weight excluding hydrogens is 384 g/mol. The predicted molar refractivity (Wildman–Crippen MR) is 90.3 cm³/mol. The Kier molecular flexibility index (Phi) is 7.14. The van der Waals surface area contributed by atoms with Gasteiger partial charge in [0.15, 0.2) is 35.5 Å². The van der Waals surface area contributed by atoms with Gasteiger partial charge in [-0.3, -0.25) is 4.79 Å². The van der Waals surface area contributed by atoms with Gasteiger partial charge in [-0.15, -0.1) is 0 Å². The summed E-state index contributed by atoms with van der Waals surface area (Å²) < 4.78 is 64.5. The average Bonchev–Trinajstić information content (AvgIpc) is 2.66. The van der Waals surface area contributed by atoms with Gasteiger partial charge in [0.25, 0.3) is 0 Å². The SMILES string of the molecule is COc1cc(/C=C/C(=O)OCC(=O)c2ccc(F)c(F)c2)ccc1OC(F)F. The second kappa shape index (κ2) is 9.54. The quantitative estimate of drug-likeness (QED) is 0.291. The van der Waals surface area contributed by atoms with Crippen molar-refractivity contribution < 1.29 is 41.4 Å². The van der Waals surface area contributed by atoms with Crippen molar-refractivity contribution in [3.63, 3.8) is 0 Å². The minimum absolute atomic E-state index is 0.0318. The number of benzene rings is 2. The molecule has 0 bridgehead atoms. The Bertz CT molecular complexity index is 896. The van der Waals surface area contributed by atoms with Gasteiger partial charge in [-0.05, 0) is 42.0 Å². The van der Waals surface area contributed by atoms with Crippen molar-refractivity contribution in [2.24, 2.45) is 0 Å². The summed E-state index contributed by atoms with van der Waals surface area (Å²) in [5.74, 6) is -4.01. The van der Waals surface area contributed by atoms with E-state index in [4.69, 9.17) is 9.47 Å². The Hall–Kier alpha value is -3.36. The summed E-state index contributed by atoms with van der Waals surface area (Å²) >= 11 is 0. The molecule has 148 valence electrons. The zero-order chi connectivity index (χ0) is 20.7. The molecule has 2 rings (SSSR count). The molecule has 0 heterocycles. The number of Topliss-reactive ketones (excluding diaryl/α,β-unsaturated/α-hetero) is 1. The zero-order valence-corrected chi connectivity index (χ0v) is 14.5. The largest absolute Gasteiger partial charge is 0.493 e. The monoisotopic (exact) mass is 398 g/mol. The number of carbonyl (C=O) groups is 2. The number of alkyl halides is 2. The summed E-state index contributed by atoms with van der Waals surface area (Å²) in [6.07, 6.45) is 2.31. The van der Waals surface area contributed by atoms with Crippen LogP contribution in [-0.4, -0.2) is 32.1 Å². The molecule has 0 radical (unpaired) electrons. The molecule has 0 spiro atoms. The summed E-state index contributed by atoms with van der Waals surface area (Å²) in [7, 11) is 1.26. The van der Waals surface area contributed by atoms with Gasteiger partial charge < -0.3 is 14.2 Å². The highest BCUT2D eigenvalue weighted by Crippen LogP contribution is 2.29. The second-order valence-electron chi connectivity index (χ2n) is 5.28. The zero-order valence-electron chi connectivity index (χ0n) is 14.5. The number of hydrogen-bond acceptors (Lipinski definition) is 5. The van der Waals surface area contributed by atoms with Crippen LogP contribution in [0.5, 0.6) is 11.5 Å². The highest BCUT2D eigenvalue weighted by atomic mass is 19.3. The lowest BCUT2D eigenvalue weighted by atomic mass is 10.1. The van der Waals surface area contributed by atoms with Gasteiger partial charge in [0.1, 0.15) is 0 Å². The van der Waals surface area contributed by atoms with Gasteiger partial charge in [-0.25, -0.2) is 13.6 Å². The first-order valence-corrected chi connectivity index (χ1v) is 7.76. The van der Waals surface area contributed by atoms with E-state index in [0.717, 1.165) is 18.2 Å². The minimum atomic E-state index is -3.02. The first-order valence-electron chi connectivity index (χ1n) is 7.76. The number of hydrogen-bond donors (Lipinski definition) is 0. The molecule has 0 aromatic heterocycles. The van der Waals surface area contributed by atoms with Gasteiger partial charge >= 0.3 is 12.6 Å². The Balaban J connectivity index is 1.95. The van der Waals surface area contributed by atoms with Gasteiger partial charge in [0.05, 0.1) is 7.11 Å². The number of ketones is 1. The standard InChI is InChI=1S/C19H14F4O5/c1-26-17-8-11(2-6-16(17)28-19(22)23)3-7-18(25)27-10-15(24)12-4-5-13(20)14(21)9-12/h2-9,19H,10H2,1H3/b7-3+.